The van der Waals surface area contributed by atoms with Crippen LogP contribution in [0.5, 0.6) is 0 Å². The maximum absolute atomic E-state index is 12.3. The fourth-order valence-corrected chi connectivity index (χ4v) is 2.58. The molecule has 0 aliphatic heterocycles. The van der Waals surface area contributed by atoms with Gasteiger partial charge in [0.1, 0.15) is 0 Å². The third kappa shape index (κ3) is 4.06. The summed E-state index contributed by atoms with van der Waals surface area (Å²) in [4.78, 5) is 38.7. The Hall–Kier alpha value is -3.81. The second-order valence-corrected chi connectivity index (χ2v) is 5.76. The molecule has 0 bridgehead atoms. The van der Waals surface area contributed by atoms with Gasteiger partial charge in [0.25, 0.3) is 11.6 Å². The molecule has 0 aliphatic rings. The number of rotatable bonds is 5. The Bertz CT molecular complexity index is 1040. The number of nitrogens with zero attached hydrogens (tertiary/aromatic N) is 2. The predicted molar refractivity (Wildman–Crippen MR) is 98.5 cm³/mol. The highest BCUT2D eigenvalue weighted by molar-refractivity contribution is 6.04. The lowest BCUT2D eigenvalue weighted by atomic mass is 10.1. The molecule has 0 atom stereocenters. The van der Waals surface area contributed by atoms with E-state index >= 15 is 0 Å². The largest absolute Gasteiger partial charge is 0.452 e. The number of fused-ring (bicyclic) bond motifs is 1. The summed E-state index contributed by atoms with van der Waals surface area (Å²) in [6.45, 7) is 1.16. The number of non-ortho nitro benzene ring substituents is 1. The summed E-state index contributed by atoms with van der Waals surface area (Å²) in [5.74, 6) is -1.18. The second-order valence-electron chi connectivity index (χ2n) is 5.76. The molecular weight excluding hydrogens is 350 g/mol. The van der Waals surface area contributed by atoms with Crippen molar-refractivity contribution in [2.45, 2.75) is 6.92 Å². The molecule has 8 nitrogen and oxygen atoms in total. The van der Waals surface area contributed by atoms with E-state index in [0.29, 0.717) is 27.7 Å². The zero-order valence-electron chi connectivity index (χ0n) is 14.3. The van der Waals surface area contributed by atoms with E-state index in [0.717, 1.165) is 0 Å². The summed E-state index contributed by atoms with van der Waals surface area (Å²) >= 11 is 0. The van der Waals surface area contributed by atoms with Crippen LogP contribution in [0.15, 0.2) is 54.7 Å². The topological polar surface area (TPSA) is 111 Å². The fourth-order valence-electron chi connectivity index (χ4n) is 2.58. The highest BCUT2D eigenvalue weighted by Crippen LogP contribution is 2.21. The predicted octanol–water partition coefficient (Wildman–Crippen LogP) is 3.25. The Morgan fingerprint density at radius 2 is 2.00 bits per heavy atom. The van der Waals surface area contributed by atoms with Crippen LogP contribution in [0.3, 0.4) is 0 Å². The van der Waals surface area contributed by atoms with Crippen LogP contribution in [-0.2, 0) is 9.53 Å². The van der Waals surface area contributed by atoms with E-state index in [2.05, 4.69) is 10.3 Å². The van der Waals surface area contributed by atoms with Gasteiger partial charge < -0.3 is 10.1 Å². The third-order valence-corrected chi connectivity index (χ3v) is 3.89. The molecule has 0 unspecified atom stereocenters. The van der Waals surface area contributed by atoms with Crippen molar-refractivity contribution < 1.29 is 19.2 Å². The van der Waals surface area contributed by atoms with Crippen molar-refractivity contribution >= 4 is 34.2 Å². The molecule has 3 rings (SSSR count). The minimum Gasteiger partial charge on any atom is -0.452 e. The molecule has 1 amide bonds. The minimum atomic E-state index is -0.635. The van der Waals surface area contributed by atoms with E-state index in [-0.39, 0.29) is 5.69 Å². The number of carbonyl (C=O) groups is 2. The zero-order valence-corrected chi connectivity index (χ0v) is 14.3. The van der Waals surface area contributed by atoms with Gasteiger partial charge in [-0.3, -0.25) is 19.9 Å². The smallest absolute Gasteiger partial charge is 0.339 e. The molecule has 1 N–H and O–H groups in total. The maximum Gasteiger partial charge on any atom is 0.339 e. The van der Waals surface area contributed by atoms with Gasteiger partial charge >= 0.3 is 5.97 Å². The first kappa shape index (κ1) is 18.0. The second kappa shape index (κ2) is 7.61. The van der Waals surface area contributed by atoms with E-state index in [4.69, 9.17) is 4.74 Å². The summed E-state index contributed by atoms with van der Waals surface area (Å²) in [7, 11) is 0. The molecule has 0 saturated carbocycles. The van der Waals surface area contributed by atoms with E-state index in [1.807, 2.05) is 0 Å². The molecule has 2 aromatic carbocycles. The molecular formula is C19H15N3O5. The van der Waals surface area contributed by atoms with Crippen LogP contribution in [0.25, 0.3) is 10.9 Å². The third-order valence-electron chi connectivity index (χ3n) is 3.89. The normalized spacial score (nSPS) is 10.4. The summed E-state index contributed by atoms with van der Waals surface area (Å²) < 4.78 is 5.09. The Morgan fingerprint density at radius 1 is 1.19 bits per heavy atom. The van der Waals surface area contributed by atoms with Gasteiger partial charge in [0.2, 0.25) is 0 Å². The van der Waals surface area contributed by atoms with Crippen LogP contribution < -0.4 is 5.32 Å². The number of carbonyl (C=O) groups excluding carboxylic acids is 2. The van der Waals surface area contributed by atoms with Crippen molar-refractivity contribution in [3.05, 3.63) is 76.0 Å². The zero-order chi connectivity index (χ0) is 19.4. The molecule has 3 aromatic rings. The summed E-state index contributed by atoms with van der Waals surface area (Å²) in [6, 6.07) is 12.6. The SMILES string of the molecule is Cc1cc([N+](=O)[O-])ccc1NC(=O)COC(=O)c1cccc2ncccc12. The Morgan fingerprint density at radius 3 is 2.74 bits per heavy atom. The maximum atomic E-state index is 12.3. The first-order valence-corrected chi connectivity index (χ1v) is 8.01. The van der Waals surface area contributed by atoms with Gasteiger partial charge in [-0.2, -0.15) is 0 Å². The van der Waals surface area contributed by atoms with Crippen molar-refractivity contribution in [1.82, 2.24) is 4.98 Å². The quantitative estimate of drug-likeness (QED) is 0.422. The minimum absolute atomic E-state index is 0.0681. The van der Waals surface area contributed by atoms with Gasteiger partial charge in [0.15, 0.2) is 6.61 Å². The number of pyridine rings is 1. The average Bonchev–Trinajstić information content (AvgIpc) is 2.67. The average molecular weight is 365 g/mol. The van der Waals surface area contributed by atoms with Gasteiger partial charge in [0, 0.05) is 29.4 Å². The number of nitrogens with one attached hydrogen (secondary N) is 1. The first-order chi connectivity index (χ1) is 13.0. The lowest BCUT2D eigenvalue weighted by molar-refractivity contribution is -0.384. The van der Waals surface area contributed by atoms with Crippen LogP contribution >= 0.6 is 0 Å². The highest BCUT2D eigenvalue weighted by atomic mass is 16.6. The van der Waals surface area contributed by atoms with Crippen LogP contribution in [0, 0.1) is 17.0 Å². The number of nitro groups is 1. The van der Waals surface area contributed by atoms with Crippen LogP contribution in [0.4, 0.5) is 11.4 Å². The summed E-state index contributed by atoms with van der Waals surface area (Å²) in [6.07, 6.45) is 1.62. The van der Waals surface area contributed by atoms with Crippen molar-refractivity contribution in [1.29, 1.82) is 0 Å². The standard InChI is InChI=1S/C19H15N3O5/c1-12-10-13(22(25)26)7-8-16(12)21-18(23)11-27-19(24)15-4-2-6-17-14(15)5-3-9-20-17/h2-10H,11H2,1H3,(H,21,23). The van der Waals surface area contributed by atoms with Crippen molar-refractivity contribution in [2.24, 2.45) is 0 Å². The van der Waals surface area contributed by atoms with Gasteiger partial charge in [-0.25, -0.2) is 4.79 Å². The number of aryl methyl sites for hydroxylation is 1. The molecule has 136 valence electrons. The molecule has 1 aromatic heterocycles. The number of esters is 1. The van der Waals surface area contributed by atoms with Crippen LogP contribution in [0.2, 0.25) is 0 Å². The molecule has 1 heterocycles. The Labute approximate surface area is 153 Å². The molecule has 8 heteroatoms. The number of anilines is 1. The van der Waals surface area contributed by atoms with Gasteiger partial charge in [-0.15, -0.1) is 0 Å². The lowest BCUT2D eigenvalue weighted by Crippen LogP contribution is -2.21. The summed E-state index contributed by atoms with van der Waals surface area (Å²) in [5.41, 5.74) is 1.85. The molecule has 27 heavy (non-hydrogen) atoms. The van der Waals surface area contributed by atoms with Crippen molar-refractivity contribution in [2.75, 3.05) is 11.9 Å². The monoisotopic (exact) mass is 365 g/mol. The fraction of sp³-hybridized carbons (Fsp3) is 0.105. The van der Waals surface area contributed by atoms with Crippen LogP contribution in [-0.4, -0.2) is 28.4 Å². The van der Waals surface area contributed by atoms with Gasteiger partial charge in [0.05, 0.1) is 16.0 Å². The van der Waals surface area contributed by atoms with Gasteiger partial charge in [-0.1, -0.05) is 12.1 Å². The van der Waals surface area contributed by atoms with Crippen LogP contribution in [0.1, 0.15) is 15.9 Å². The first-order valence-electron chi connectivity index (χ1n) is 8.01. The number of benzene rings is 2. The van der Waals surface area contributed by atoms with E-state index in [9.17, 15) is 19.7 Å². The molecule has 0 saturated heterocycles. The highest BCUT2D eigenvalue weighted by Gasteiger charge is 2.15. The number of nitro benzene ring substituents is 1. The molecule has 0 radical (unpaired) electrons. The molecule has 0 aliphatic carbocycles. The van der Waals surface area contributed by atoms with Gasteiger partial charge in [-0.05, 0) is 36.8 Å². The molecule has 0 fully saturated rings. The summed E-state index contributed by atoms with van der Waals surface area (Å²) in [5, 5.41) is 14.0. The Kier molecular flexibility index (Phi) is 5.07. The number of hydrogen-bond acceptors (Lipinski definition) is 6. The van der Waals surface area contributed by atoms with E-state index in [1.54, 1.807) is 43.5 Å². The van der Waals surface area contributed by atoms with Crippen molar-refractivity contribution in [3.8, 4) is 0 Å². The number of aromatic nitrogens is 1. The van der Waals surface area contributed by atoms with Crippen molar-refractivity contribution in [3.63, 3.8) is 0 Å². The van der Waals surface area contributed by atoms with E-state index in [1.165, 1.54) is 18.2 Å². The van der Waals surface area contributed by atoms with E-state index < -0.39 is 23.4 Å². The lowest BCUT2D eigenvalue weighted by Gasteiger charge is -2.09. The number of hydrogen-bond donors (Lipinski definition) is 1. The number of amides is 1. The Balaban J connectivity index is 1.65. The molecule has 0 spiro atoms. The number of ether oxygens (including phenoxy) is 1.